The molecule has 0 spiro atoms. The van der Waals surface area contributed by atoms with Crippen molar-refractivity contribution in [3.05, 3.63) is 83.9 Å². The average Bonchev–Trinajstić information content (AvgIpc) is 2.78. The van der Waals surface area contributed by atoms with Gasteiger partial charge in [-0.05, 0) is 50.3 Å². The molecule has 0 bridgehead atoms. The number of allylic oxidation sites excluding steroid dienone is 4. The molecule has 2 aromatic rings. The fourth-order valence-corrected chi connectivity index (χ4v) is 1.78. The van der Waals surface area contributed by atoms with Crippen LogP contribution in [0.25, 0.3) is 0 Å². The van der Waals surface area contributed by atoms with Crippen molar-refractivity contribution in [1.82, 2.24) is 9.97 Å². The van der Waals surface area contributed by atoms with Crippen molar-refractivity contribution in [3.8, 4) is 0 Å². The summed E-state index contributed by atoms with van der Waals surface area (Å²) >= 11 is 0. The van der Waals surface area contributed by atoms with Crippen LogP contribution in [-0.4, -0.2) is 47.7 Å². The molecule has 192 valence electrons. The van der Waals surface area contributed by atoms with E-state index in [0.29, 0.717) is 11.1 Å². The maximum atomic E-state index is 10.8. The zero-order valence-electron chi connectivity index (χ0n) is 20.3. The number of esters is 2. The van der Waals surface area contributed by atoms with E-state index in [1.165, 1.54) is 54.3 Å². The van der Waals surface area contributed by atoms with Gasteiger partial charge in [-0.3, -0.25) is 19.6 Å². The molecule has 10 nitrogen and oxygen atoms in total. The molecule has 0 aromatic carbocycles. The summed E-state index contributed by atoms with van der Waals surface area (Å²) in [5, 5.41) is 20.0. The summed E-state index contributed by atoms with van der Waals surface area (Å²) < 4.78 is 8.91. The molecular weight excluding hydrogens is 503 g/mol. The second-order valence-electron chi connectivity index (χ2n) is 6.20. The van der Waals surface area contributed by atoms with E-state index in [1.54, 1.807) is 36.7 Å². The Bertz CT molecular complexity index is 875. The monoisotopic (exact) mass is 530 g/mol. The minimum Gasteiger partial charge on any atom is -0.876 e. The number of nitrogens with zero attached hydrogens (tertiary/aromatic N) is 2. The van der Waals surface area contributed by atoms with Crippen molar-refractivity contribution in [2.24, 2.45) is 0 Å². The number of pyridine rings is 2. The number of hydrogen-bond donors (Lipinski definition) is 0. The van der Waals surface area contributed by atoms with Crippen molar-refractivity contribution in [2.45, 2.75) is 27.7 Å². The second-order valence-corrected chi connectivity index (χ2v) is 6.20. The molecular formula is C24H28N2NiO8. The maximum Gasteiger partial charge on any atom is 2.00 e. The van der Waals surface area contributed by atoms with E-state index in [1.807, 2.05) is 0 Å². The third kappa shape index (κ3) is 23.1. The molecule has 2 heterocycles. The van der Waals surface area contributed by atoms with Crippen molar-refractivity contribution in [2.75, 3.05) is 14.2 Å². The van der Waals surface area contributed by atoms with Gasteiger partial charge in [-0.2, -0.15) is 0 Å². The molecule has 0 aliphatic carbocycles. The van der Waals surface area contributed by atoms with Gasteiger partial charge < -0.3 is 19.7 Å². The number of carbonyl (C=O) groups is 4. The van der Waals surface area contributed by atoms with Crippen molar-refractivity contribution < 1.29 is 55.4 Å². The minimum absolute atomic E-state index is 0. The van der Waals surface area contributed by atoms with Gasteiger partial charge in [0.15, 0.2) is 11.6 Å². The van der Waals surface area contributed by atoms with Gasteiger partial charge in [-0.1, -0.05) is 13.8 Å². The van der Waals surface area contributed by atoms with Crippen molar-refractivity contribution in [1.29, 1.82) is 0 Å². The van der Waals surface area contributed by atoms with Gasteiger partial charge in [-0.25, -0.2) is 9.59 Å². The van der Waals surface area contributed by atoms with Gasteiger partial charge >= 0.3 is 28.4 Å². The largest absolute Gasteiger partial charge is 2.00 e. The Hall–Kier alpha value is -3.85. The van der Waals surface area contributed by atoms with Gasteiger partial charge in [0.2, 0.25) is 0 Å². The number of hydrogen-bond acceptors (Lipinski definition) is 10. The number of aromatic nitrogens is 2. The molecule has 11 heteroatoms. The average molecular weight is 531 g/mol. The van der Waals surface area contributed by atoms with Gasteiger partial charge in [-0.15, -0.1) is 11.5 Å². The van der Waals surface area contributed by atoms with Crippen molar-refractivity contribution >= 4 is 23.5 Å². The molecule has 0 atom stereocenters. The third-order valence-corrected chi connectivity index (χ3v) is 2.98. The molecule has 35 heavy (non-hydrogen) atoms. The van der Waals surface area contributed by atoms with Crippen LogP contribution in [0.2, 0.25) is 0 Å². The molecule has 2 rings (SSSR count). The van der Waals surface area contributed by atoms with Gasteiger partial charge in [0.1, 0.15) is 0 Å². The zero-order valence-corrected chi connectivity index (χ0v) is 21.2. The van der Waals surface area contributed by atoms with Gasteiger partial charge in [0, 0.05) is 24.8 Å². The van der Waals surface area contributed by atoms with Crippen LogP contribution in [0.1, 0.15) is 48.4 Å². The fraction of sp³-hybridized carbons (Fsp3) is 0.250. The quantitative estimate of drug-likeness (QED) is 0.244. The Morgan fingerprint density at radius 1 is 0.714 bits per heavy atom. The summed E-state index contributed by atoms with van der Waals surface area (Å²) in [6.45, 7) is 5.39. The standard InChI is InChI=1S/2C7H7NO2.2C5H8O2.Ni/c2*1-10-7(9)6-3-2-4-8-5-6;2*1-4(6)3-5(2)7;/h2*2-5H,1H3;2*3,6H,1-2H3;/q;;;;+2/p-2/b;;2*4-3-;. The summed E-state index contributed by atoms with van der Waals surface area (Å²) in [5.41, 5.74) is 0.954. The number of ether oxygens (including phenoxy) is 2. The predicted molar refractivity (Wildman–Crippen MR) is 120 cm³/mol. The SMILES string of the molecule is CC(=O)/C=C(/C)[O-].CC(=O)/C=C(/C)[O-].COC(=O)c1cccnc1.COC(=O)c1cccnc1.[Ni+2]. The smallest absolute Gasteiger partial charge is 0.876 e. The molecule has 0 saturated heterocycles. The van der Waals surface area contributed by atoms with Crippen LogP contribution in [0.15, 0.2) is 72.7 Å². The first kappa shape index (κ1) is 35.7. The van der Waals surface area contributed by atoms with Crippen LogP contribution in [-0.2, 0) is 35.6 Å². The van der Waals surface area contributed by atoms with E-state index in [9.17, 15) is 29.4 Å². The maximum absolute atomic E-state index is 10.8. The van der Waals surface area contributed by atoms with E-state index in [0.717, 1.165) is 12.2 Å². The molecule has 0 aliphatic rings. The molecule has 0 radical (unpaired) electrons. The Morgan fingerprint density at radius 2 is 1.03 bits per heavy atom. The Morgan fingerprint density at radius 3 is 1.17 bits per heavy atom. The fourth-order valence-electron chi connectivity index (χ4n) is 1.78. The Kier molecular flexibility index (Phi) is 22.4. The number of carbonyl (C=O) groups excluding carboxylic acids is 4. The minimum atomic E-state index is -0.354. The Balaban J connectivity index is -0.000000393. The van der Waals surface area contributed by atoms with E-state index in [2.05, 4.69) is 19.4 Å². The zero-order chi connectivity index (χ0) is 26.5. The topological polar surface area (TPSA) is 159 Å². The van der Waals surface area contributed by atoms with E-state index >= 15 is 0 Å². The van der Waals surface area contributed by atoms with Crippen molar-refractivity contribution in [3.63, 3.8) is 0 Å². The first-order valence-corrected chi connectivity index (χ1v) is 9.63. The summed E-state index contributed by atoms with van der Waals surface area (Å²) in [6.07, 6.45) is 8.25. The summed E-state index contributed by atoms with van der Waals surface area (Å²) in [6, 6.07) is 6.68. The first-order valence-electron chi connectivity index (χ1n) is 9.63. The third-order valence-electron chi connectivity index (χ3n) is 2.98. The van der Waals surface area contributed by atoms with Crippen LogP contribution in [0.5, 0.6) is 0 Å². The normalized spacial score (nSPS) is 9.66. The molecule has 0 saturated carbocycles. The summed E-state index contributed by atoms with van der Waals surface area (Å²) in [4.78, 5) is 49.0. The van der Waals surface area contributed by atoms with Crippen LogP contribution in [0.4, 0.5) is 0 Å². The second kappa shape index (κ2) is 22.0. The van der Waals surface area contributed by atoms with Crippen LogP contribution in [0, 0.1) is 0 Å². The van der Waals surface area contributed by atoms with Gasteiger partial charge in [0.05, 0.1) is 25.3 Å². The molecule has 2 aromatic heterocycles. The molecule has 0 aliphatic heterocycles. The van der Waals surface area contributed by atoms with Crippen LogP contribution in [0.3, 0.4) is 0 Å². The number of rotatable bonds is 4. The van der Waals surface area contributed by atoms with Gasteiger partial charge in [0.25, 0.3) is 0 Å². The first-order chi connectivity index (χ1) is 15.9. The van der Waals surface area contributed by atoms with E-state index < -0.39 is 0 Å². The van der Waals surface area contributed by atoms with Crippen LogP contribution < -0.4 is 10.2 Å². The van der Waals surface area contributed by atoms with Crippen LogP contribution >= 0.6 is 0 Å². The van der Waals surface area contributed by atoms with E-state index in [-0.39, 0.29) is 51.5 Å². The molecule has 0 N–H and O–H groups in total. The summed E-state index contributed by atoms with van der Waals surface area (Å²) in [5.74, 6) is -1.46. The molecule has 0 unspecified atom stereocenters. The predicted octanol–water partition coefficient (Wildman–Crippen LogP) is 1.41. The number of ketones is 2. The summed E-state index contributed by atoms with van der Waals surface area (Å²) in [7, 11) is 2.69. The molecule has 0 amide bonds. The van der Waals surface area contributed by atoms with E-state index in [4.69, 9.17) is 0 Å². The Labute approximate surface area is 214 Å². The molecule has 0 fully saturated rings. The number of methoxy groups -OCH3 is 2.